The van der Waals surface area contributed by atoms with E-state index in [9.17, 15) is 15.3 Å². The molecule has 4 heteroatoms. The number of ether oxygens (including phenoxy) is 1. The van der Waals surface area contributed by atoms with E-state index >= 15 is 0 Å². The molecule has 5 aliphatic rings. The molecular formula is C30H52O4. The van der Waals surface area contributed by atoms with Gasteiger partial charge in [0.05, 0.1) is 29.5 Å². The molecule has 1 saturated heterocycles. The molecule has 34 heavy (non-hydrogen) atoms. The van der Waals surface area contributed by atoms with Crippen molar-refractivity contribution in [1.82, 2.24) is 0 Å². The van der Waals surface area contributed by atoms with Gasteiger partial charge < -0.3 is 20.1 Å². The van der Waals surface area contributed by atoms with Crippen molar-refractivity contribution in [1.29, 1.82) is 0 Å². The molecule has 0 radical (unpaired) electrons. The van der Waals surface area contributed by atoms with E-state index < -0.39 is 6.10 Å². The zero-order valence-electron chi connectivity index (χ0n) is 23.2. The van der Waals surface area contributed by atoms with Gasteiger partial charge in [-0.25, -0.2) is 0 Å². The minimum Gasteiger partial charge on any atom is -0.393 e. The highest BCUT2D eigenvalue weighted by Gasteiger charge is 2.73. The van der Waals surface area contributed by atoms with Crippen LogP contribution in [-0.4, -0.2) is 44.8 Å². The molecule has 0 spiro atoms. The second kappa shape index (κ2) is 7.45. The molecule has 0 aromatic carbocycles. The zero-order valence-corrected chi connectivity index (χ0v) is 23.2. The number of fused-ring (bicyclic) bond motifs is 5. The molecule has 4 aliphatic carbocycles. The highest BCUT2D eigenvalue weighted by molar-refractivity contribution is 5.21. The molecule has 0 aromatic heterocycles. The molecule has 5 fully saturated rings. The molecule has 0 aromatic rings. The van der Waals surface area contributed by atoms with E-state index in [1.165, 1.54) is 6.42 Å². The van der Waals surface area contributed by atoms with Crippen LogP contribution in [-0.2, 0) is 4.74 Å². The van der Waals surface area contributed by atoms with E-state index in [1.807, 2.05) is 0 Å². The van der Waals surface area contributed by atoms with Crippen LogP contribution < -0.4 is 0 Å². The fraction of sp³-hybridized carbons (Fsp3) is 1.00. The van der Waals surface area contributed by atoms with Gasteiger partial charge >= 0.3 is 0 Å². The van der Waals surface area contributed by atoms with Crippen LogP contribution in [0.5, 0.6) is 0 Å². The third-order valence-electron chi connectivity index (χ3n) is 13.0. The first-order valence-corrected chi connectivity index (χ1v) is 14.3. The van der Waals surface area contributed by atoms with Crippen molar-refractivity contribution in [2.24, 2.45) is 45.3 Å². The lowest BCUT2D eigenvalue weighted by Crippen LogP contribution is -2.70. The van der Waals surface area contributed by atoms with E-state index in [-0.39, 0.29) is 56.9 Å². The van der Waals surface area contributed by atoms with Crippen LogP contribution in [0.2, 0.25) is 0 Å². The minimum atomic E-state index is -0.414. The monoisotopic (exact) mass is 476 g/mol. The maximum absolute atomic E-state index is 11.9. The second-order valence-corrected chi connectivity index (χ2v) is 15.5. The zero-order chi connectivity index (χ0) is 25.1. The molecule has 3 N–H and O–H groups in total. The molecule has 11 atom stereocenters. The van der Waals surface area contributed by atoms with Gasteiger partial charge in [0.15, 0.2) is 0 Å². The normalized spacial score (nSPS) is 58.5. The maximum Gasteiger partial charge on any atom is 0.0693 e. The van der Waals surface area contributed by atoms with Gasteiger partial charge in [0.2, 0.25) is 0 Å². The lowest BCUT2D eigenvalue weighted by Gasteiger charge is -2.71. The van der Waals surface area contributed by atoms with Crippen LogP contribution in [0, 0.1) is 45.3 Å². The Labute approximate surface area is 208 Å². The highest BCUT2D eigenvalue weighted by atomic mass is 16.5. The van der Waals surface area contributed by atoms with Crippen molar-refractivity contribution in [3.8, 4) is 0 Å². The van der Waals surface area contributed by atoms with Crippen LogP contribution in [0.25, 0.3) is 0 Å². The predicted molar refractivity (Wildman–Crippen MR) is 135 cm³/mol. The van der Waals surface area contributed by atoms with Gasteiger partial charge in [0.25, 0.3) is 0 Å². The van der Waals surface area contributed by atoms with Crippen molar-refractivity contribution in [2.45, 2.75) is 143 Å². The van der Waals surface area contributed by atoms with E-state index in [4.69, 9.17) is 4.74 Å². The Morgan fingerprint density at radius 1 is 0.735 bits per heavy atom. The van der Waals surface area contributed by atoms with Gasteiger partial charge in [-0.1, -0.05) is 34.6 Å². The lowest BCUT2D eigenvalue weighted by atomic mass is 9.34. The van der Waals surface area contributed by atoms with Gasteiger partial charge in [-0.15, -0.1) is 0 Å². The first-order valence-electron chi connectivity index (χ1n) is 14.3. The number of aliphatic hydroxyl groups is 3. The molecule has 1 heterocycles. The Kier molecular flexibility index (Phi) is 5.59. The third-order valence-corrected chi connectivity index (χ3v) is 13.0. The molecule has 5 rings (SSSR count). The largest absolute Gasteiger partial charge is 0.393 e. The summed E-state index contributed by atoms with van der Waals surface area (Å²) in [6.45, 7) is 18.4. The van der Waals surface area contributed by atoms with Gasteiger partial charge in [0, 0.05) is 0 Å². The number of rotatable bonds is 1. The Hall–Kier alpha value is -0.160. The molecule has 4 nitrogen and oxygen atoms in total. The highest BCUT2D eigenvalue weighted by Crippen LogP contribution is 2.76. The molecule has 0 amide bonds. The van der Waals surface area contributed by atoms with Crippen molar-refractivity contribution in [3.63, 3.8) is 0 Å². The van der Waals surface area contributed by atoms with E-state index in [0.29, 0.717) is 11.8 Å². The second-order valence-electron chi connectivity index (χ2n) is 15.5. The van der Waals surface area contributed by atoms with E-state index in [1.54, 1.807) is 0 Å². The number of hydrogen-bond donors (Lipinski definition) is 3. The minimum absolute atomic E-state index is 0.0247. The first kappa shape index (κ1) is 25.5. The summed E-state index contributed by atoms with van der Waals surface area (Å²) in [5.74, 6) is 0.984. The standard InChI is InChI=1S/C30H52O4/c1-25(2)12-9-13-30(8,34-25)18-10-15-28(6)23(18)19(31)16-21-27(5)14-11-22(33)26(3,4)24(27)20(32)17-29(21,28)7/h18-24,31-33H,9-17H2,1-8H3/t18-,19+,20+,21+,22-,23-,24+,27+,28+,29-,30+/m0/s1. The van der Waals surface area contributed by atoms with E-state index in [2.05, 4.69) is 55.4 Å². The lowest BCUT2D eigenvalue weighted by molar-refractivity contribution is -0.279. The topological polar surface area (TPSA) is 69.9 Å². The van der Waals surface area contributed by atoms with Crippen LogP contribution >= 0.6 is 0 Å². The van der Waals surface area contributed by atoms with Crippen LogP contribution in [0.15, 0.2) is 0 Å². The smallest absolute Gasteiger partial charge is 0.0693 e. The fourth-order valence-corrected chi connectivity index (χ4v) is 11.5. The summed E-state index contributed by atoms with van der Waals surface area (Å²) in [6, 6.07) is 0. The van der Waals surface area contributed by atoms with Crippen LogP contribution in [0.1, 0.15) is 113 Å². The number of aliphatic hydroxyl groups excluding tert-OH is 3. The van der Waals surface area contributed by atoms with Gasteiger partial charge in [-0.3, -0.25) is 0 Å². The average Bonchev–Trinajstić information content (AvgIpc) is 3.07. The van der Waals surface area contributed by atoms with Crippen molar-refractivity contribution in [3.05, 3.63) is 0 Å². The molecule has 0 bridgehead atoms. The van der Waals surface area contributed by atoms with E-state index in [0.717, 1.165) is 51.4 Å². The molecule has 4 saturated carbocycles. The van der Waals surface area contributed by atoms with Gasteiger partial charge in [-0.05, 0) is 124 Å². The molecule has 0 unspecified atom stereocenters. The van der Waals surface area contributed by atoms with Crippen LogP contribution in [0.3, 0.4) is 0 Å². The maximum atomic E-state index is 11.9. The van der Waals surface area contributed by atoms with Gasteiger partial charge in [0.1, 0.15) is 0 Å². The summed E-state index contributed by atoms with van der Waals surface area (Å²) in [7, 11) is 0. The quantitative estimate of drug-likeness (QED) is 0.453. The third kappa shape index (κ3) is 3.16. The van der Waals surface area contributed by atoms with Crippen LogP contribution in [0.4, 0.5) is 0 Å². The van der Waals surface area contributed by atoms with Crippen molar-refractivity contribution >= 4 is 0 Å². The summed E-state index contributed by atoms with van der Waals surface area (Å²) in [5, 5.41) is 34.6. The Morgan fingerprint density at radius 2 is 1.41 bits per heavy atom. The summed E-state index contributed by atoms with van der Waals surface area (Å²) in [5.41, 5.74) is -0.739. The Balaban J connectivity index is 1.54. The SMILES string of the molecule is CC1(C)CCC[C@](C)([C@H]2CC[C@]3(C)[C@@H]2[C@H](O)C[C@@H]2[C@@]4(C)CC[C@H](O)C(C)(C)[C@H]4[C@H](O)C[C@@]23C)O1. The average molecular weight is 477 g/mol. The molecule has 1 aliphatic heterocycles. The summed E-state index contributed by atoms with van der Waals surface area (Å²) in [6.07, 6.45) is 7.79. The molecule has 196 valence electrons. The fourth-order valence-electron chi connectivity index (χ4n) is 11.5. The summed E-state index contributed by atoms with van der Waals surface area (Å²) in [4.78, 5) is 0. The summed E-state index contributed by atoms with van der Waals surface area (Å²) >= 11 is 0. The molecular weight excluding hydrogens is 424 g/mol. The van der Waals surface area contributed by atoms with Crippen molar-refractivity contribution < 1.29 is 20.1 Å². The van der Waals surface area contributed by atoms with Crippen molar-refractivity contribution in [2.75, 3.05) is 0 Å². The number of hydrogen-bond acceptors (Lipinski definition) is 4. The Bertz CT molecular complexity index is 823. The first-order chi connectivity index (χ1) is 15.5. The summed E-state index contributed by atoms with van der Waals surface area (Å²) < 4.78 is 6.83. The Morgan fingerprint density at radius 3 is 2.06 bits per heavy atom. The predicted octanol–water partition coefficient (Wildman–Crippen LogP) is 5.71. The van der Waals surface area contributed by atoms with Gasteiger partial charge in [-0.2, -0.15) is 0 Å².